The lowest BCUT2D eigenvalue weighted by atomic mass is 9.91. The summed E-state index contributed by atoms with van der Waals surface area (Å²) in [5.41, 5.74) is 1.60. The van der Waals surface area contributed by atoms with Gasteiger partial charge in [-0.3, -0.25) is 14.4 Å². The lowest BCUT2D eigenvalue weighted by Crippen LogP contribution is -2.34. The zero-order valence-corrected chi connectivity index (χ0v) is 16.7. The lowest BCUT2D eigenvalue weighted by molar-refractivity contribution is -0.167. The van der Waals surface area contributed by atoms with Crippen molar-refractivity contribution < 1.29 is 28.6 Å². The molecule has 0 fully saturated rings. The smallest absolute Gasteiger partial charge is 0.320 e. The molecule has 0 unspecified atom stereocenters. The second-order valence-corrected chi connectivity index (χ2v) is 6.65. The summed E-state index contributed by atoms with van der Waals surface area (Å²) in [6, 6.07) is 18.3. The molecular formula is C23H26O6. The summed E-state index contributed by atoms with van der Waals surface area (Å²) in [7, 11) is 0. The Morgan fingerprint density at radius 2 is 1.21 bits per heavy atom. The van der Waals surface area contributed by atoms with Crippen LogP contribution in [0.25, 0.3) is 0 Å². The number of carbonyl (C=O) groups is 3. The van der Waals surface area contributed by atoms with Crippen molar-refractivity contribution in [3.05, 3.63) is 71.8 Å². The van der Waals surface area contributed by atoms with Gasteiger partial charge in [0.1, 0.15) is 13.2 Å². The molecule has 0 aliphatic rings. The molecule has 0 amide bonds. The van der Waals surface area contributed by atoms with E-state index in [4.69, 9.17) is 14.2 Å². The molecule has 0 heterocycles. The molecule has 2 aromatic carbocycles. The van der Waals surface area contributed by atoms with Crippen molar-refractivity contribution >= 4 is 17.9 Å². The third-order valence-corrected chi connectivity index (χ3v) is 4.32. The summed E-state index contributed by atoms with van der Waals surface area (Å²) in [6.07, 6.45) is -0.0839. The van der Waals surface area contributed by atoms with Gasteiger partial charge < -0.3 is 14.2 Å². The van der Waals surface area contributed by atoms with Gasteiger partial charge in [0.05, 0.1) is 6.61 Å². The van der Waals surface area contributed by atoms with Crippen LogP contribution in [0.15, 0.2) is 60.7 Å². The fraction of sp³-hybridized carbons (Fsp3) is 0.348. The molecule has 1 atom stereocenters. The Bertz CT molecular complexity index is 732. The van der Waals surface area contributed by atoms with Crippen molar-refractivity contribution in [2.45, 2.75) is 33.5 Å². The minimum absolute atomic E-state index is 0.0360. The van der Waals surface area contributed by atoms with Gasteiger partial charge in [-0.25, -0.2) is 0 Å². The number of carbonyl (C=O) groups excluding carboxylic acids is 3. The Hall–Kier alpha value is -3.15. The maximum absolute atomic E-state index is 12.7. The minimum atomic E-state index is -1.22. The molecule has 2 rings (SSSR count). The van der Waals surface area contributed by atoms with Crippen LogP contribution in [0, 0.1) is 11.8 Å². The fourth-order valence-electron chi connectivity index (χ4n) is 2.80. The van der Waals surface area contributed by atoms with Gasteiger partial charge in [0, 0.05) is 6.42 Å². The number of benzene rings is 2. The normalized spacial score (nSPS) is 11.6. The molecular weight excluding hydrogens is 372 g/mol. The zero-order valence-electron chi connectivity index (χ0n) is 16.7. The fourth-order valence-corrected chi connectivity index (χ4v) is 2.80. The molecule has 29 heavy (non-hydrogen) atoms. The third-order valence-electron chi connectivity index (χ3n) is 4.32. The highest BCUT2D eigenvalue weighted by Crippen LogP contribution is 2.21. The van der Waals surface area contributed by atoms with E-state index in [9.17, 15) is 14.4 Å². The third kappa shape index (κ3) is 7.41. The number of ether oxygens (including phenoxy) is 3. The maximum Gasteiger partial charge on any atom is 0.320 e. The van der Waals surface area contributed by atoms with E-state index in [-0.39, 0.29) is 26.2 Å². The highest BCUT2D eigenvalue weighted by Gasteiger charge is 2.36. The Kier molecular flexibility index (Phi) is 8.89. The first-order valence-electron chi connectivity index (χ1n) is 9.58. The highest BCUT2D eigenvalue weighted by molar-refractivity contribution is 5.95. The Labute approximate surface area is 170 Å². The largest absolute Gasteiger partial charge is 0.466 e. The van der Waals surface area contributed by atoms with Gasteiger partial charge in [-0.15, -0.1) is 0 Å². The Morgan fingerprint density at radius 3 is 1.62 bits per heavy atom. The van der Waals surface area contributed by atoms with Crippen LogP contribution in [-0.2, 0) is 41.8 Å². The van der Waals surface area contributed by atoms with Crippen molar-refractivity contribution in [3.8, 4) is 0 Å². The minimum Gasteiger partial charge on any atom is -0.466 e. The van der Waals surface area contributed by atoms with Gasteiger partial charge in [-0.05, 0) is 24.0 Å². The molecule has 0 N–H and O–H groups in total. The molecule has 0 saturated heterocycles. The van der Waals surface area contributed by atoms with Crippen molar-refractivity contribution in [1.82, 2.24) is 0 Å². The van der Waals surface area contributed by atoms with Gasteiger partial charge in [0.2, 0.25) is 0 Å². The zero-order chi connectivity index (χ0) is 21.1. The number of hydrogen-bond acceptors (Lipinski definition) is 6. The monoisotopic (exact) mass is 398 g/mol. The summed E-state index contributed by atoms with van der Waals surface area (Å²) in [5, 5.41) is 0. The second-order valence-electron chi connectivity index (χ2n) is 6.65. The Balaban J connectivity index is 2.05. The van der Waals surface area contributed by atoms with E-state index in [1.807, 2.05) is 60.7 Å². The lowest BCUT2D eigenvalue weighted by Gasteiger charge is -2.21. The van der Waals surface area contributed by atoms with Crippen molar-refractivity contribution in [2.75, 3.05) is 6.61 Å². The molecule has 6 nitrogen and oxygen atoms in total. The van der Waals surface area contributed by atoms with Crippen LogP contribution in [0.2, 0.25) is 0 Å². The molecule has 154 valence electrons. The van der Waals surface area contributed by atoms with Crippen LogP contribution < -0.4 is 0 Å². The Morgan fingerprint density at radius 1 is 0.759 bits per heavy atom. The standard InChI is InChI=1S/C23H26O6/c1-3-27-20(24)14-17(2)21(22(25)28-15-18-10-6-4-7-11-18)23(26)29-16-19-12-8-5-9-13-19/h4-13,17,21H,3,14-16H2,1-2H3/t17-/m1/s1. The summed E-state index contributed by atoms with van der Waals surface area (Å²) < 4.78 is 15.6. The summed E-state index contributed by atoms with van der Waals surface area (Å²) in [5.74, 6) is -3.75. The quantitative estimate of drug-likeness (QED) is 0.345. The first-order chi connectivity index (χ1) is 14.0. The van der Waals surface area contributed by atoms with E-state index in [1.54, 1.807) is 13.8 Å². The van der Waals surface area contributed by atoms with Gasteiger partial charge in [-0.2, -0.15) is 0 Å². The first-order valence-corrected chi connectivity index (χ1v) is 9.58. The molecule has 0 aromatic heterocycles. The van der Waals surface area contributed by atoms with E-state index in [0.29, 0.717) is 0 Å². The van der Waals surface area contributed by atoms with Crippen LogP contribution in [0.3, 0.4) is 0 Å². The molecule has 0 aliphatic heterocycles. The van der Waals surface area contributed by atoms with E-state index < -0.39 is 29.7 Å². The number of esters is 3. The summed E-state index contributed by atoms with van der Waals surface area (Å²) in [4.78, 5) is 37.2. The van der Waals surface area contributed by atoms with Gasteiger partial charge in [0.15, 0.2) is 5.92 Å². The highest BCUT2D eigenvalue weighted by atomic mass is 16.6. The topological polar surface area (TPSA) is 78.9 Å². The van der Waals surface area contributed by atoms with E-state index in [2.05, 4.69) is 0 Å². The molecule has 0 radical (unpaired) electrons. The van der Waals surface area contributed by atoms with Gasteiger partial charge in [0.25, 0.3) is 0 Å². The molecule has 0 aliphatic carbocycles. The van der Waals surface area contributed by atoms with Crippen LogP contribution in [-0.4, -0.2) is 24.5 Å². The number of rotatable bonds is 10. The maximum atomic E-state index is 12.7. The average molecular weight is 398 g/mol. The van der Waals surface area contributed by atoms with Gasteiger partial charge in [-0.1, -0.05) is 67.6 Å². The van der Waals surface area contributed by atoms with Crippen LogP contribution >= 0.6 is 0 Å². The van der Waals surface area contributed by atoms with Crippen LogP contribution in [0.1, 0.15) is 31.4 Å². The second kappa shape index (κ2) is 11.6. The van der Waals surface area contributed by atoms with E-state index >= 15 is 0 Å². The summed E-state index contributed by atoms with van der Waals surface area (Å²) in [6.45, 7) is 3.63. The molecule has 0 bridgehead atoms. The van der Waals surface area contributed by atoms with Crippen LogP contribution in [0.5, 0.6) is 0 Å². The van der Waals surface area contributed by atoms with E-state index in [1.165, 1.54) is 0 Å². The molecule has 2 aromatic rings. The SMILES string of the molecule is CCOC(=O)C[C@@H](C)C(C(=O)OCc1ccccc1)C(=O)OCc1ccccc1. The molecule has 6 heteroatoms. The summed E-state index contributed by atoms with van der Waals surface area (Å²) >= 11 is 0. The first kappa shape index (κ1) is 22.1. The predicted octanol–water partition coefficient (Wildman–Crippen LogP) is 3.68. The van der Waals surface area contributed by atoms with Crippen LogP contribution in [0.4, 0.5) is 0 Å². The number of hydrogen-bond donors (Lipinski definition) is 0. The molecule has 0 saturated carbocycles. The predicted molar refractivity (Wildman–Crippen MR) is 106 cm³/mol. The van der Waals surface area contributed by atoms with Gasteiger partial charge >= 0.3 is 17.9 Å². The van der Waals surface area contributed by atoms with Crippen molar-refractivity contribution in [1.29, 1.82) is 0 Å². The van der Waals surface area contributed by atoms with Crippen molar-refractivity contribution in [3.63, 3.8) is 0 Å². The average Bonchev–Trinajstić information content (AvgIpc) is 2.72. The van der Waals surface area contributed by atoms with Crippen molar-refractivity contribution in [2.24, 2.45) is 11.8 Å². The van der Waals surface area contributed by atoms with E-state index in [0.717, 1.165) is 11.1 Å². The molecule has 0 spiro atoms.